The Hall–Kier alpha value is -3.19. The maximum atomic E-state index is 12.5. The third-order valence-electron chi connectivity index (χ3n) is 3.91. The summed E-state index contributed by atoms with van der Waals surface area (Å²) in [6.45, 7) is 0. The number of para-hydroxylation sites is 1. The van der Waals surface area contributed by atoms with Gasteiger partial charge in [0.2, 0.25) is 0 Å². The quantitative estimate of drug-likeness (QED) is 0.237. The molecule has 128 valence electrons. The normalized spacial score (nSPS) is 11.4. The largest absolute Gasteiger partial charge is 0.422 e. The van der Waals surface area contributed by atoms with Gasteiger partial charge < -0.3 is 9.62 Å². The highest BCUT2D eigenvalue weighted by Gasteiger charge is 2.16. The van der Waals surface area contributed by atoms with Gasteiger partial charge in [-0.05, 0) is 36.4 Å². The van der Waals surface area contributed by atoms with Crippen LogP contribution in [0.3, 0.4) is 0 Å². The number of rotatable bonds is 3. The second-order valence-corrected chi connectivity index (χ2v) is 6.50. The lowest BCUT2D eigenvalue weighted by molar-refractivity contribution is 0.322. The smallest absolute Gasteiger partial charge is 0.345 e. The van der Waals surface area contributed by atoms with E-state index < -0.39 is 5.63 Å². The summed E-state index contributed by atoms with van der Waals surface area (Å²) in [5.74, 6) is 0. The lowest BCUT2D eigenvalue weighted by atomic mass is 10.1. The first kappa shape index (κ1) is 16.3. The van der Waals surface area contributed by atoms with E-state index in [0.29, 0.717) is 22.4 Å². The van der Waals surface area contributed by atoms with E-state index in [4.69, 9.17) is 9.62 Å². The van der Waals surface area contributed by atoms with Gasteiger partial charge in [-0.2, -0.15) is 5.10 Å². The van der Waals surface area contributed by atoms with Crippen LogP contribution >= 0.6 is 15.9 Å². The van der Waals surface area contributed by atoms with Crippen LogP contribution in [0.4, 0.5) is 0 Å². The van der Waals surface area contributed by atoms with Crippen LogP contribution in [0.25, 0.3) is 27.9 Å². The zero-order chi connectivity index (χ0) is 18.1. The van der Waals surface area contributed by atoms with Gasteiger partial charge in [0, 0.05) is 21.6 Å². The number of hydrogen-bond acceptors (Lipinski definition) is 5. The molecule has 0 aliphatic heterocycles. The summed E-state index contributed by atoms with van der Waals surface area (Å²) in [5.41, 5.74) is 1.97. The molecule has 4 rings (SSSR count). The zero-order valence-corrected chi connectivity index (χ0v) is 14.9. The van der Waals surface area contributed by atoms with E-state index in [-0.39, 0.29) is 0 Å². The highest BCUT2D eigenvalue weighted by atomic mass is 79.9. The summed E-state index contributed by atoms with van der Waals surface area (Å²) in [5, 5.41) is 17.3. The van der Waals surface area contributed by atoms with Crippen molar-refractivity contribution in [3.63, 3.8) is 0 Å². The third kappa shape index (κ3) is 2.93. The second kappa shape index (κ2) is 6.61. The Morgan fingerprint density at radius 2 is 1.96 bits per heavy atom. The molecule has 2 aromatic carbocycles. The number of fused-ring (bicyclic) bond motifs is 1. The van der Waals surface area contributed by atoms with Crippen LogP contribution in [-0.2, 0) is 0 Å². The molecule has 0 spiro atoms. The monoisotopic (exact) mass is 409 g/mol. The number of oxime groups is 1. The van der Waals surface area contributed by atoms with Gasteiger partial charge in [0.1, 0.15) is 11.3 Å². The summed E-state index contributed by atoms with van der Waals surface area (Å²) < 4.78 is 7.91. The van der Waals surface area contributed by atoms with E-state index in [9.17, 15) is 4.79 Å². The van der Waals surface area contributed by atoms with Crippen LogP contribution in [0.1, 0.15) is 5.56 Å². The molecule has 0 atom stereocenters. The second-order valence-electron chi connectivity index (χ2n) is 5.59. The summed E-state index contributed by atoms with van der Waals surface area (Å²) in [4.78, 5) is 12.5. The van der Waals surface area contributed by atoms with E-state index in [1.165, 1.54) is 6.21 Å². The molecule has 0 bridgehead atoms. The molecule has 1 N–H and O–H groups in total. The molecular formula is C19H12BrN3O3. The highest BCUT2D eigenvalue weighted by Crippen LogP contribution is 2.25. The number of nitrogens with zero attached hydrogens (tertiary/aromatic N) is 3. The third-order valence-corrected chi connectivity index (χ3v) is 4.40. The van der Waals surface area contributed by atoms with Crippen LogP contribution in [0.5, 0.6) is 0 Å². The molecule has 0 fully saturated rings. The van der Waals surface area contributed by atoms with Crippen LogP contribution in [0, 0.1) is 0 Å². The zero-order valence-electron chi connectivity index (χ0n) is 13.3. The summed E-state index contributed by atoms with van der Waals surface area (Å²) in [7, 11) is 0. The number of hydrogen-bond donors (Lipinski definition) is 1. The predicted molar refractivity (Wildman–Crippen MR) is 102 cm³/mol. The molecule has 0 amide bonds. The molecule has 2 heterocycles. The Morgan fingerprint density at radius 1 is 1.15 bits per heavy atom. The van der Waals surface area contributed by atoms with Crippen LogP contribution in [0.2, 0.25) is 0 Å². The topological polar surface area (TPSA) is 80.6 Å². The Balaban J connectivity index is 1.94. The molecule has 0 radical (unpaired) electrons. The van der Waals surface area contributed by atoms with Crippen LogP contribution < -0.4 is 5.63 Å². The van der Waals surface area contributed by atoms with Gasteiger partial charge in [-0.15, -0.1) is 0 Å². The lowest BCUT2D eigenvalue weighted by Crippen LogP contribution is -2.05. The Kier molecular flexibility index (Phi) is 4.14. The molecule has 4 aromatic rings. The SMILES string of the molecule is O=c1oc2ccc(Br)cc2cc1-c1nn(-c2ccccc2)cc1C=NO. The standard InChI is InChI=1S/C19H12BrN3O3/c20-14-6-7-17-12(8-14)9-16(19(24)26-17)18-13(10-21-25)11-23(22-18)15-4-2-1-3-5-15/h1-11,25H. The first-order valence-electron chi connectivity index (χ1n) is 7.72. The van der Waals surface area contributed by atoms with Crippen LogP contribution in [0.15, 0.2) is 79.6 Å². The van der Waals surface area contributed by atoms with Crippen molar-refractivity contribution in [2.45, 2.75) is 0 Å². The van der Waals surface area contributed by atoms with Gasteiger partial charge in [0.15, 0.2) is 0 Å². The Bertz CT molecular complexity index is 1180. The van der Waals surface area contributed by atoms with Crippen molar-refractivity contribution in [1.82, 2.24) is 9.78 Å². The molecular weight excluding hydrogens is 398 g/mol. The number of halogens is 1. The predicted octanol–water partition coefficient (Wildman–Crippen LogP) is 4.22. The summed E-state index contributed by atoms with van der Waals surface area (Å²) in [6.07, 6.45) is 2.93. The fourth-order valence-electron chi connectivity index (χ4n) is 2.73. The molecule has 0 unspecified atom stereocenters. The van der Waals surface area contributed by atoms with Crippen molar-refractivity contribution in [3.05, 3.63) is 81.3 Å². The summed E-state index contributed by atoms with van der Waals surface area (Å²) >= 11 is 3.41. The Labute approximate surface area is 156 Å². The number of benzene rings is 2. The molecule has 6 nitrogen and oxygen atoms in total. The molecule has 7 heteroatoms. The minimum absolute atomic E-state index is 0.292. The van der Waals surface area contributed by atoms with Crippen molar-refractivity contribution in [2.24, 2.45) is 5.16 Å². The first-order valence-corrected chi connectivity index (χ1v) is 8.51. The molecule has 0 saturated heterocycles. The van der Waals surface area contributed by atoms with E-state index >= 15 is 0 Å². The van der Waals surface area contributed by atoms with Gasteiger partial charge in [-0.3, -0.25) is 0 Å². The van der Waals surface area contributed by atoms with Crippen molar-refractivity contribution < 1.29 is 9.62 Å². The van der Waals surface area contributed by atoms with Gasteiger partial charge in [0.05, 0.1) is 17.5 Å². The average Bonchev–Trinajstić information content (AvgIpc) is 3.06. The molecule has 0 aliphatic carbocycles. The molecule has 0 aliphatic rings. The van der Waals surface area contributed by atoms with Gasteiger partial charge >= 0.3 is 5.63 Å². The van der Waals surface area contributed by atoms with Gasteiger partial charge in [0.25, 0.3) is 0 Å². The van der Waals surface area contributed by atoms with Crippen molar-refractivity contribution >= 4 is 33.1 Å². The van der Waals surface area contributed by atoms with Gasteiger partial charge in [-0.25, -0.2) is 9.48 Å². The summed E-state index contributed by atoms with van der Waals surface area (Å²) in [6, 6.07) is 16.6. The lowest BCUT2D eigenvalue weighted by Gasteiger charge is -2.02. The molecule has 2 aromatic heterocycles. The van der Waals surface area contributed by atoms with E-state index in [0.717, 1.165) is 15.5 Å². The van der Waals surface area contributed by atoms with Crippen molar-refractivity contribution in [1.29, 1.82) is 0 Å². The Morgan fingerprint density at radius 3 is 2.73 bits per heavy atom. The fraction of sp³-hybridized carbons (Fsp3) is 0. The first-order chi connectivity index (χ1) is 12.7. The highest BCUT2D eigenvalue weighted by molar-refractivity contribution is 9.10. The fourth-order valence-corrected chi connectivity index (χ4v) is 3.10. The number of aromatic nitrogens is 2. The maximum Gasteiger partial charge on any atom is 0.345 e. The van der Waals surface area contributed by atoms with Crippen molar-refractivity contribution in [2.75, 3.05) is 0 Å². The van der Waals surface area contributed by atoms with E-state index in [2.05, 4.69) is 26.2 Å². The minimum Gasteiger partial charge on any atom is -0.422 e. The van der Waals surface area contributed by atoms with E-state index in [1.807, 2.05) is 36.4 Å². The van der Waals surface area contributed by atoms with E-state index in [1.54, 1.807) is 29.1 Å². The average molecular weight is 410 g/mol. The molecule has 26 heavy (non-hydrogen) atoms. The minimum atomic E-state index is -0.509. The van der Waals surface area contributed by atoms with Crippen molar-refractivity contribution in [3.8, 4) is 16.9 Å². The molecule has 0 saturated carbocycles. The van der Waals surface area contributed by atoms with Gasteiger partial charge in [-0.1, -0.05) is 39.3 Å². The maximum absolute atomic E-state index is 12.5. The van der Waals surface area contributed by atoms with Crippen LogP contribution in [-0.4, -0.2) is 21.2 Å².